The lowest BCUT2D eigenvalue weighted by atomic mass is 10.1. The van der Waals surface area contributed by atoms with Crippen LogP contribution in [0.3, 0.4) is 0 Å². The fraction of sp³-hybridized carbons (Fsp3) is 0.444. The maximum atomic E-state index is 12.5. The van der Waals surface area contributed by atoms with Gasteiger partial charge in [0.05, 0.1) is 23.9 Å². The van der Waals surface area contributed by atoms with Crippen molar-refractivity contribution in [2.24, 2.45) is 0 Å². The van der Waals surface area contributed by atoms with Crippen LogP contribution >= 0.6 is 0 Å². The predicted octanol–water partition coefficient (Wildman–Crippen LogP) is 6.92. The third-order valence-electron chi connectivity index (χ3n) is 5.44. The van der Waals surface area contributed by atoms with Crippen molar-refractivity contribution in [3.63, 3.8) is 0 Å². The van der Waals surface area contributed by atoms with Crippen molar-refractivity contribution >= 4 is 17.9 Å². The Morgan fingerprint density at radius 3 is 2.16 bits per heavy atom. The Morgan fingerprint density at radius 2 is 1.56 bits per heavy atom. The summed E-state index contributed by atoms with van der Waals surface area (Å²) in [7, 11) is 0. The normalized spacial score (nSPS) is 10.4. The Labute approximate surface area is 191 Å². The lowest BCUT2D eigenvalue weighted by Crippen LogP contribution is -2.13. The molecule has 0 saturated heterocycles. The van der Waals surface area contributed by atoms with Gasteiger partial charge in [0.25, 0.3) is 5.91 Å². The van der Waals surface area contributed by atoms with Crippen LogP contribution in [0.5, 0.6) is 5.75 Å². The van der Waals surface area contributed by atoms with Crippen LogP contribution in [0, 0.1) is 11.3 Å². The zero-order valence-electron chi connectivity index (χ0n) is 19.1. The predicted molar refractivity (Wildman–Crippen MR) is 128 cm³/mol. The molecule has 0 aliphatic heterocycles. The SMILES string of the molecule is CCCCCCCCCCCCOc1ccc(C(=O)Nc2ccc(C#N)cc2C=O)cc1. The molecule has 170 valence electrons. The molecule has 1 N–H and O–H groups in total. The van der Waals surface area contributed by atoms with E-state index in [2.05, 4.69) is 12.2 Å². The van der Waals surface area contributed by atoms with Gasteiger partial charge in [0.15, 0.2) is 6.29 Å². The van der Waals surface area contributed by atoms with Crippen molar-refractivity contribution in [1.29, 1.82) is 5.26 Å². The summed E-state index contributed by atoms with van der Waals surface area (Å²) >= 11 is 0. The summed E-state index contributed by atoms with van der Waals surface area (Å²) < 4.78 is 5.78. The first-order valence-electron chi connectivity index (χ1n) is 11.7. The maximum absolute atomic E-state index is 12.5. The van der Waals surface area contributed by atoms with Crippen LogP contribution in [0.15, 0.2) is 42.5 Å². The molecule has 5 heteroatoms. The second-order valence-electron chi connectivity index (χ2n) is 8.04. The van der Waals surface area contributed by atoms with E-state index in [0.717, 1.165) is 12.2 Å². The van der Waals surface area contributed by atoms with Crippen LogP contribution in [-0.4, -0.2) is 18.8 Å². The highest BCUT2D eigenvalue weighted by molar-refractivity contribution is 6.06. The third kappa shape index (κ3) is 8.93. The molecule has 0 aliphatic rings. The van der Waals surface area contributed by atoms with E-state index < -0.39 is 0 Å². The van der Waals surface area contributed by atoms with E-state index in [1.165, 1.54) is 63.9 Å². The number of hydrogen-bond donors (Lipinski definition) is 1. The molecule has 32 heavy (non-hydrogen) atoms. The molecule has 0 aromatic heterocycles. The molecule has 0 fully saturated rings. The van der Waals surface area contributed by atoms with E-state index >= 15 is 0 Å². The minimum Gasteiger partial charge on any atom is -0.494 e. The van der Waals surface area contributed by atoms with E-state index in [-0.39, 0.29) is 11.5 Å². The highest BCUT2D eigenvalue weighted by atomic mass is 16.5. The fourth-order valence-corrected chi connectivity index (χ4v) is 3.52. The number of carbonyl (C=O) groups excluding carboxylic acids is 2. The largest absolute Gasteiger partial charge is 0.494 e. The van der Waals surface area contributed by atoms with Gasteiger partial charge in [-0.15, -0.1) is 0 Å². The minimum absolute atomic E-state index is 0.272. The van der Waals surface area contributed by atoms with Crippen LogP contribution in [-0.2, 0) is 0 Å². The van der Waals surface area contributed by atoms with Gasteiger partial charge >= 0.3 is 0 Å². The minimum atomic E-state index is -0.320. The first-order chi connectivity index (χ1) is 15.7. The van der Waals surface area contributed by atoms with Gasteiger partial charge in [-0.1, -0.05) is 64.7 Å². The number of unbranched alkanes of at least 4 members (excludes halogenated alkanes) is 9. The van der Waals surface area contributed by atoms with Crippen molar-refractivity contribution < 1.29 is 14.3 Å². The Balaban J connectivity index is 1.67. The summed E-state index contributed by atoms with van der Waals surface area (Å²) in [6.07, 6.45) is 13.5. The van der Waals surface area contributed by atoms with Gasteiger partial charge < -0.3 is 10.1 Å². The molecule has 0 bridgehead atoms. The summed E-state index contributed by atoms with van der Waals surface area (Å²) in [4.78, 5) is 23.7. The number of aldehydes is 1. The van der Waals surface area contributed by atoms with Gasteiger partial charge in [-0.3, -0.25) is 9.59 Å². The zero-order valence-corrected chi connectivity index (χ0v) is 19.1. The second-order valence-corrected chi connectivity index (χ2v) is 8.04. The number of benzene rings is 2. The highest BCUT2D eigenvalue weighted by Crippen LogP contribution is 2.18. The summed E-state index contributed by atoms with van der Waals surface area (Å²) in [5.41, 5.74) is 1.49. The monoisotopic (exact) mass is 434 g/mol. The van der Waals surface area contributed by atoms with Crippen LogP contribution in [0.4, 0.5) is 5.69 Å². The fourth-order valence-electron chi connectivity index (χ4n) is 3.52. The van der Waals surface area contributed by atoms with Crippen LogP contribution in [0.25, 0.3) is 0 Å². The lowest BCUT2D eigenvalue weighted by Gasteiger charge is -2.09. The van der Waals surface area contributed by atoms with E-state index in [0.29, 0.717) is 29.7 Å². The lowest BCUT2D eigenvalue weighted by molar-refractivity contribution is 0.102. The number of nitrogens with zero attached hydrogens (tertiary/aromatic N) is 1. The standard InChI is InChI=1S/C27H34N2O3/c1-2-3-4-5-6-7-8-9-10-11-18-32-25-15-13-23(14-16-25)27(31)29-26-17-12-22(20-28)19-24(26)21-30/h12-17,19,21H,2-11,18H2,1H3,(H,29,31). The molecule has 0 unspecified atom stereocenters. The molecule has 0 spiro atoms. The highest BCUT2D eigenvalue weighted by Gasteiger charge is 2.10. The van der Waals surface area contributed by atoms with E-state index in [4.69, 9.17) is 10.00 Å². The summed E-state index contributed by atoms with van der Waals surface area (Å²) in [5, 5.41) is 11.6. The molecular weight excluding hydrogens is 400 g/mol. The van der Waals surface area contributed by atoms with Crippen LogP contribution in [0.2, 0.25) is 0 Å². The molecule has 0 atom stereocenters. The molecule has 2 rings (SSSR count). The maximum Gasteiger partial charge on any atom is 0.255 e. The number of anilines is 1. The number of carbonyl (C=O) groups is 2. The van der Waals surface area contributed by atoms with Gasteiger partial charge in [-0.05, 0) is 48.9 Å². The van der Waals surface area contributed by atoms with Gasteiger partial charge in [0.1, 0.15) is 5.75 Å². The van der Waals surface area contributed by atoms with Gasteiger partial charge in [-0.2, -0.15) is 5.26 Å². The average molecular weight is 435 g/mol. The molecule has 0 aliphatic carbocycles. The topological polar surface area (TPSA) is 79.2 Å². The first-order valence-corrected chi connectivity index (χ1v) is 11.7. The Morgan fingerprint density at radius 1 is 0.938 bits per heavy atom. The van der Waals surface area contributed by atoms with Crippen LogP contribution < -0.4 is 10.1 Å². The van der Waals surface area contributed by atoms with Crippen molar-refractivity contribution in [3.8, 4) is 11.8 Å². The average Bonchev–Trinajstić information content (AvgIpc) is 2.83. The Bertz CT molecular complexity index is 885. The summed E-state index contributed by atoms with van der Waals surface area (Å²) in [5.74, 6) is 0.420. The first kappa shape index (κ1) is 25.1. The quantitative estimate of drug-likeness (QED) is 0.244. The molecule has 2 aromatic rings. The molecule has 0 heterocycles. The van der Waals surface area contributed by atoms with Crippen molar-refractivity contribution in [3.05, 3.63) is 59.2 Å². The second kappa shape index (κ2) is 14.8. The van der Waals surface area contributed by atoms with E-state index in [1.54, 1.807) is 36.4 Å². The molecule has 0 saturated carbocycles. The molecule has 2 aromatic carbocycles. The Kier molecular flexibility index (Phi) is 11.6. The van der Waals surface area contributed by atoms with Gasteiger partial charge in [0, 0.05) is 11.1 Å². The third-order valence-corrected chi connectivity index (χ3v) is 5.44. The molecule has 1 amide bonds. The van der Waals surface area contributed by atoms with Gasteiger partial charge in [-0.25, -0.2) is 0 Å². The Hall–Kier alpha value is -3.13. The molecule has 5 nitrogen and oxygen atoms in total. The van der Waals surface area contributed by atoms with E-state index in [9.17, 15) is 9.59 Å². The number of rotatable bonds is 15. The van der Waals surface area contributed by atoms with Gasteiger partial charge in [0.2, 0.25) is 0 Å². The van der Waals surface area contributed by atoms with Crippen molar-refractivity contribution in [2.75, 3.05) is 11.9 Å². The summed E-state index contributed by atoms with van der Waals surface area (Å²) in [6, 6.07) is 13.5. The van der Waals surface area contributed by atoms with Crippen molar-refractivity contribution in [2.45, 2.75) is 71.1 Å². The number of ether oxygens (including phenoxy) is 1. The smallest absolute Gasteiger partial charge is 0.255 e. The molecule has 0 radical (unpaired) electrons. The zero-order chi connectivity index (χ0) is 23.0. The van der Waals surface area contributed by atoms with Crippen molar-refractivity contribution in [1.82, 2.24) is 0 Å². The number of nitriles is 1. The number of nitrogens with one attached hydrogen (secondary N) is 1. The summed E-state index contributed by atoms with van der Waals surface area (Å²) in [6.45, 7) is 2.92. The number of amides is 1. The van der Waals surface area contributed by atoms with E-state index in [1.807, 2.05) is 6.07 Å². The number of hydrogen-bond acceptors (Lipinski definition) is 4. The van der Waals surface area contributed by atoms with Crippen LogP contribution in [0.1, 0.15) is 97.4 Å². The molecular formula is C27H34N2O3.